The molecule has 0 fully saturated rings. The van der Waals surface area contributed by atoms with Crippen molar-refractivity contribution in [1.29, 1.82) is 0 Å². The zero-order valence-electron chi connectivity index (χ0n) is 14.3. The van der Waals surface area contributed by atoms with Crippen molar-refractivity contribution < 1.29 is 9.18 Å². The number of hydrogen-bond donors (Lipinski definition) is 1. The first kappa shape index (κ1) is 17.9. The highest BCUT2D eigenvalue weighted by Gasteiger charge is 2.27. The minimum atomic E-state index is -0.536. The van der Waals surface area contributed by atoms with Crippen LogP contribution in [-0.4, -0.2) is 39.8 Å². The Hall–Kier alpha value is -2.87. The summed E-state index contributed by atoms with van der Waals surface area (Å²) in [6.07, 6.45) is 0. The average Bonchev–Trinajstić information content (AvgIpc) is 3.00. The molecule has 0 saturated carbocycles. The normalized spacial score (nSPS) is 12.0. The molecule has 0 aliphatic heterocycles. The summed E-state index contributed by atoms with van der Waals surface area (Å²) in [5, 5.41) is 7.84. The summed E-state index contributed by atoms with van der Waals surface area (Å²) in [6, 6.07) is 15.5. The second-order valence-electron chi connectivity index (χ2n) is 5.80. The number of carbonyl (C=O) groups excluding carboxylic acids is 1. The lowest BCUT2D eigenvalue weighted by Gasteiger charge is -2.20. The molecule has 0 bridgehead atoms. The average molecular weight is 371 g/mol. The molecular weight excluding hydrogens is 353 g/mol. The molecule has 1 atom stereocenters. The van der Waals surface area contributed by atoms with Crippen LogP contribution in [0.25, 0.3) is 11.4 Å². The Kier molecular flexibility index (Phi) is 5.22. The Labute approximate surface area is 154 Å². The molecule has 1 heterocycles. The first-order chi connectivity index (χ1) is 12.5. The number of benzene rings is 2. The van der Waals surface area contributed by atoms with Crippen LogP contribution in [0.4, 0.5) is 4.39 Å². The monoisotopic (exact) mass is 371 g/mol. The van der Waals surface area contributed by atoms with Gasteiger partial charge in [-0.15, -0.1) is 10.2 Å². The van der Waals surface area contributed by atoms with Crippen LogP contribution in [-0.2, 0) is 4.79 Å². The van der Waals surface area contributed by atoms with E-state index in [1.807, 2.05) is 30.3 Å². The summed E-state index contributed by atoms with van der Waals surface area (Å²) in [7, 11) is 3.38. The molecule has 26 heavy (non-hydrogen) atoms. The van der Waals surface area contributed by atoms with E-state index in [0.717, 1.165) is 5.56 Å². The summed E-state index contributed by atoms with van der Waals surface area (Å²) in [5.41, 5.74) is 1.08. The third-order valence-corrected chi connectivity index (χ3v) is 4.97. The number of amides is 1. The van der Waals surface area contributed by atoms with E-state index in [9.17, 15) is 9.18 Å². The number of aromatic nitrogens is 3. The van der Waals surface area contributed by atoms with Gasteiger partial charge in [0.05, 0.1) is 5.56 Å². The summed E-state index contributed by atoms with van der Waals surface area (Å²) < 4.78 is 15.2. The summed E-state index contributed by atoms with van der Waals surface area (Å²) >= 11 is 1.18. The minimum absolute atomic E-state index is 0.100. The molecule has 6 nitrogen and oxygen atoms in total. The number of halogens is 1. The van der Waals surface area contributed by atoms with E-state index in [2.05, 4.69) is 10.2 Å². The van der Waals surface area contributed by atoms with Gasteiger partial charge in [0.15, 0.2) is 5.82 Å². The van der Waals surface area contributed by atoms with E-state index in [4.69, 9.17) is 5.84 Å². The molecule has 1 aromatic heterocycles. The quantitative estimate of drug-likeness (QED) is 0.551. The zero-order valence-corrected chi connectivity index (χ0v) is 15.2. The van der Waals surface area contributed by atoms with Crippen LogP contribution < -0.4 is 5.84 Å². The van der Waals surface area contributed by atoms with Gasteiger partial charge >= 0.3 is 0 Å². The van der Waals surface area contributed by atoms with Gasteiger partial charge in [0.25, 0.3) is 0 Å². The van der Waals surface area contributed by atoms with Crippen molar-refractivity contribution in [1.82, 2.24) is 19.8 Å². The first-order valence-electron chi connectivity index (χ1n) is 7.87. The van der Waals surface area contributed by atoms with Gasteiger partial charge in [-0.05, 0) is 17.7 Å². The van der Waals surface area contributed by atoms with Crippen LogP contribution in [0.5, 0.6) is 0 Å². The third kappa shape index (κ3) is 3.55. The van der Waals surface area contributed by atoms with Crippen LogP contribution in [0.3, 0.4) is 0 Å². The SMILES string of the molecule is CN(C)C(=O)[C@H](Sc1nnc(-c2ccccc2F)n1N)c1ccccc1. The molecule has 2 N–H and O–H groups in total. The van der Waals surface area contributed by atoms with E-state index in [1.54, 1.807) is 32.3 Å². The number of rotatable bonds is 5. The summed E-state index contributed by atoms with van der Waals surface area (Å²) in [5.74, 6) is 5.75. The lowest BCUT2D eigenvalue weighted by atomic mass is 10.1. The standard InChI is InChI=1S/C18H18FN5OS/c1-23(2)17(25)15(12-8-4-3-5-9-12)26-18-22-21-16(24(18)20)13-10-6-7-11-14(13)19/h3-11,15H,20H2,1-2H3/t15-/m1/s1. The van der Waals surface area contributed by atoms with Crippen molar-refractivity contribution in [3.8, 4) is 11.4 Å². The molecular formula is C18H18FN5OS. The Bertz CT molecular complexity index is 913. The van der Waals surface area contributed by atoms with Crippen LogP contribution in [0.15, 0.2) is 59.8 Å². The number of likely N-dealkylation sites (N-methyl/N-ethyl adjacent to an activating group) is 1. The van der Waals surface area contributed by atoms with Crippen LogP contribution in [0.2, 0.25) is 0 Å². The molecule has 8 heteroatoms. The molecule has 1 amide bonds. The predicted molar refractivity (Wildman–Crippen MR) is 99.3 cm³/mol. The Balaban J connectivity index is 1.96. The Morgan fingerprint density at radius 1 is 1.12 bits per heavy atom. The number of hydrogen-bond acceptors (Lipinski definition) is 5. The van der Waals surface area contributed by atoms with Gasteiger partial charge in [-0.2, -0.15) is 0 Å². The van der Waals surface area contributed by atoms with Crippen LogP contribution in [0.1, 0.15) is 10.8 Å². The van der Waals surface area contributed by atoms with E-state index in [0.29, 0.717) is 5.16 Å². The second kappa shape index (κ2) is 7.57. The molecule has 134 valence electrons. The fourth-order valence-electron chi connectivity index (χ4n) is 2.41. The second-order valence-corrected chi connectivity index (χ2v) is 6.87. The van der Waals surface area contributed by atoms with Crippen molar-refractivity contribution in [2.45, 2.75) is 10.4 Å². The van der Waals surface area contributed by atoms with Gasteiger partial charge in [-0.1, -0.05) is 54.2 Å². The molecule has 0 spiro atoms. The fourth-order valence-corrected chi connectivity index (χ4v) is 3.52. The van der Waals surface area contributed by atoms with E-state index in [-0.39, 0.29) is 17.3 Å². The highest BCUT2D eigenvalue weighted by molar-refractivity contribution is 8.00. The molecule has 0 unspecified atom stereocenters. The number of thioether (sulfide) groups is 1. The van der Waals surface area contributed by atoms with Gasteiger partial charge in [0, 0.05) is 14.1 Å². The molecule has 3 rings (SSSR count). The summed E-state index contributed by atoms with van der Waals surface area (Å²) in [4.78, 5) is 14.2. The Morgan fingerprint density at radius 2 is 1.77 bits per heavy atom. The van der Waals surface area contributed by atoms with Crippen molar-refractivity contribution in [2.24, 2.45) is 0 Å². The lowest BCUT2D eigenvalue weighted by Crippen LogP contribution is -2.27. The highest BCUT2D eigenvalue weighted by atomic mass is 32.2. The van der Waals surface area contributed by atoms with Gasteiger partial charge in [0.2, 0.25) is 11.1 Å². The fraction of sp³-hybridized carbons (Fsp3) is 0.167. The molecule has 3 aromatic rings. The number of nitrogens with zero attached hydrogens (tertiary/aromatic N) is 4. The molecule has 0 saturated heterocycles. The summed E-state index contributed by atoms with van der Waals surface area (Å²) in [6.45, 7) is 0. The minimum Gasteiger partial charge on any atom is -0.348 e. The largest absolute Gasteiger partial charge is 0.348 e. The zero-order chi connectivity index (χ0) is 18.7. The predicted octanol–water partition coefficient (Wildman–Crippen LogP) is 2.72. The molecule has 0 radical (unpaired) electrons. The topological polar surface area (TPSA) is 77.0 Å². The van der Waals surface area contributed by atoms with Gasteiger partial charge in [-0.3, -0.25) is 4.79 Å². The number of nitrogen functional groups attached to an aromatic ring is 1. The van der Waals surface area contributed by atoms with Gasteiger partial charge in [-0.25, -0.2) is 9.07 Å². The van der Waals surface area contributed by atoms with Gasteiger partial charge in [0.1, 0.15) is 11.1 Å². The van der Waals surface area contributed by atoms with Crippen molar-refractivity contribution >= 4 is 17.7 Å². The highest BCUT2D eigenvalue weighted by Crippen LogP contribution is 2.36. The third-order valence-electron chi connectivity index (χ3n) is 3.77. The van der Waals surface area contributed by atoms with E-state index in [1.165, 1.54) is 27.4 Å². The molecule has 0 aliphatic carbocycles. The Morgan fingerprint density at radius 3 is 2.42 bits per heavy atom. The van der Waals surface area contributed by atoms with Crippen molar-refractivity contribution in [3.63, 3.8) is 0 Å². The number of nitrogens with two attached hydrogens (primary N) is 1. The van der Waals surface area contributed by atoms with E-state index < -0.39 is 11.1 Å². The lowest BCUT2D eigenvalue weighted by molar-refractivity contribution is -0.128. The first-order valence-corrected chi connectivity index (χ1v) is 8.75. The molecule has 0 aliphatic rings. The van der Waals surface area contributed by atoms with Crippen LogP contribution >= 0.6 is 11.8 Å². The maximum atomic E-state index is 14.0. The van der Waals surface area contributed by atoms with Crippen molar-refractivity contribution in [3.05, 3.63) is 66.0 Å². The number of carbonyl (C=O) groups is 1. The van der Waals surface area contributed by atoms with Gasteiger partial charge < -0.3 is 10.7 Å². The maximum Gasteiger partial charge on any atom is 0.240 e. The van der Waals surface area contributed by atoms with E-state index >= 15 is 0 Å². The van der Waals surface area contributed by atoms with Crippen molar-refractivity contribution in [2.75, 3.05) is 19.9 Å². The maximum absolute atomic E-state index is 14.0. The molecule has 2 aromatic carbocycles. The smallest absolute Gasteiger partial charge is 0.240 e. The van der Waals surface area contributed by atoms with Crippen LogP contribution in [0, 0.1) is 5.82 Å².